The second kappa shape index (κ2) is 10.0. The van der Waals surface area contributed by atoms with Gasteiger partial charge in [0.2, 0.25) is 0 Å². The number of para-hydroxylation sites is 1. The van der Waals surface area contributed by atoms with Crippen molar-refractivity contribution < 1.29 is 18.7 Å². The van der Waals surface area contributed by atoms with E-state index in [0.29, 0.717) is 28.0 Å². The molecule has 11 heteroatoms. The molecule has 1 aromatic carbocycles. The quantitative estimate of drug-likeness (QED) is 0.242. The Balaban J connectivity index is 1.49. The Kier molecular flexibility index (Phi) is 6.70. The van der Waals surface area contributed by atoms with E-state index >= 15 is 0 Å². The largest absolute Gasteiger partial charge is 0.461 e. The van der Waals surface area contributed by atoms with Gasteiger partial charge in [-0.3, -0.25) is 4.79 Å². The molecule has 3 heterocycles. The highest BCUT2D eigenvalue weighted by Crippen LogP contribution is 2.26. The highest BCUT2D eigenvalue weighted by atomic mass is 32.2. The molecule has 34 heavy (non-hydrogen) atoms. The third-order valence-electron chi connectivity index (χ3n) is 4.68. The number of aryl methyl sites for hydroxylation is 1. The van der Waals surface area contributed by atoms with E-state index in [1.807, 2.05) is 12.1 Å². The standard InChI is InChI=1S/C23H18N6O4S/c1-14-19(22(34-2)28-20(26-14)17-9-6-10-32-17)23(31)33-13-18(30)27-21-15(11-24)12-25-29(21)16-7-4-3-5-8-16/h3-10,12H,13H2,1-2H3,(H,27,30). The van der Waals surface area contributed by atoms with Gasteiger partial charge in [0.05, 0.1) is 23.8 Å². The van der Waals surface area contributed by atoms with Crippen LogP contribution >= 0.6 is 11.8 Å². The van der Waals surface area contributed by atoms with Crippen LogP contribution in [0.15, 0.2) is 64.4 Å². The number of thioether (sulfide) groups is 1. The van der Waals surface area contributed by atoms with Gasteiger partial charge in [0.15, 0.2) is 24.0 Å². The van der Waals surface area contributed by atoms with E-state index in [-0.39, 0.29) is 16.9 Å². The SMILES string of the molecule is CSc1nc(-c2ccco2)nc(C)c1C(=O)OCC(=O)Nc1c(C#N)cnn1-c1ccccc1. The number of anilines is 1. The highest BCUT2D eigenvalue weighted by molar-refractivity contribution is 7.98. The van der Waals surface area contributed by atoms with Gasteiger partial charge >= 0.3 is 5.97 Å². The number of aromatic nitrogens is 4. The minimum absolute atomic E-state index is 0.169. The number of esters is 1. The van der Waals surface area contributed by atoms with Crippen LogP contribution in [0, 0.1) is 18.3 Å². The Hall–Kier alpha value is -4.43. The maximum absolute atomic E-state index is 12.8. The summed E-state index contributed by atoms with van der Waals surface area (Å²) in [5.74, 6) is -0.360. The zero-order valence-corrected chi connectivity index (χ0v) is 19.0. The van der Waals surface area contributed by atoms with Crippen molar-refractivity contribution in [3.63, 3.8) is 0 Å². The Morgan fingerprint density at radius 1 is 1.21 bits per heavy atom. The molecule has 0 radical (unpaired) electrons. The monoisotopic (exact) mass is 474 g/mol. The molecule has 0 spiro atoms. The molecule has 4 rings (SSSR count). The minimum Gasteiger partial charge on any atom is -0.461 e. The number of nitrogens with zero attached hydrogens (tertiary/aromatic N) is 5. The van der Waals surface area contributed by atoms with E-state index in [1.165, 1.54) is 28.9 Å². The third kappa shape index (κ3) is 4.67. The molecule has 4 aromatic rings. The van der Waals surface area contributed by atoms with Crippen molar-refractivity contribution in [2.45, 2.75) is 11.9 Å². The van der Waals surface area contributed by atoms with Crippen molar-refractivity contribution in [1.29, 1.82) is 5.26 Å². The third-order valence-corrected chi connectivity index (χ3v) is 5.36. The van der Waals surface area contributed by atoms with Gasteiger partial charge < -0.3 is 14.5 Å². The van der Waals surface area contributed by atoms with Crippen molar-refractivity contribution in [1.82, 2.24) is 19.7 Å². The van der Waals surface area contributed by atoms with E-state index < -0.39 is 18.5 Å². The number of hydrogen-bond acceptors (Lipinski definition) is 9. The zero-order chi connectivity index (χ0) is 24.1. The summed E-state index contributed by atoms with van der Waals surface area (Å²) in [5, 5.41) is 16.5. The van der Waals surface area contributed by atoms with Crippen LogP contribution < -0.4 is 5.32 Å². The van der Waals surface area contributed by atoms with Crippen molar-refractivity contribution in [3.05, 3.63) is 71.7 Å². The lowest BCUT2D eigenvalue weighted by Crippen LogP contribution is -2.23. The summed E-state index contributed by atoms with van der Waals surface area (Å²) < 4.78 is 12.0. The summed E-state index contributed by atoms with van der Waals surface area (Å²) in [7, 11) is 0. The second-order valence-corrected chi connectivity index (χ2v) is 7.68. The first-order valence-electron chi connectivity index (χ1n) is 9.98. The lowest BCUT2D eigenvalue weighted by atomic mass is 10.2. The van der Waals surface area contributed by atoms with Crippen LogP contribution in [0.4, 0.5) is 5.82 Å². The molecule has 0 unspecified atom stereocenters. The Bertz CT molecular complexity index is 1380. The molecule has 0 atom stereocenters. The van der Waals surface area contributed by atoms with Crippen LogP contribution in [0.25, 0.3) is 17.3 Å². The van der Waals surface area contributed by atoms with E-state index in [4.69, 9.17) is 9.15 Å². The maximum atomic E-state index is 12.8. The van der Waals surface area contributed by atoms with Gasteiger partial charge in [0.25, 0.3) is 5.91 Å². The number of benzene rings is 1. The van der Waals surface area contributed by atoms with Gasteiger partial charge in [-0.25, -0.2) is 19.4 Å². The van der Waals surface area contributed by atoms with E-state index in [2.05, 4.69) is 20.4 Å². The number of nitrogens with one attached hydrogen (secondary N) is 1. The first-order valence-corrected chi connectivity index (χ1v) is 11.2. The number of amides is 1. The maximum Gasteiger partial charge on any atom is 0.343 e. The molecule has 0 saturated carbocycles. The number of nitriles is 1. The topological polar surface area (TPSA) is 136 Å². The second-order valence-electron chi connectivity index (χ2n) is 6.88. The summed E-state index contributed by atoms with van der Waals surface area (Å²) in [6.45, 7) is 1.08. The normalized spacial score (nSPS) is 10.5. The molecule has 0 aliphatic rings. The molecule has 0 bridgehead atoms. The average Bonchev–Trinajstić information content (AvgIpc) is 3.53. The average molecular weight is 475 g/mol. The van der Waals surface area contributed by atoms with Crippen LogP contribution in [0.3, 0.4) is 0 Å². The van der Waals surface area contributed by atoms with Gasteiger partial charge in [0, 0.05) is 0 Å². The number of carbonyl (C=O) groups excluding carboxylic acids is 2. The molecular formula is C23H18N6O4S. The molecule has 3 aromatic heterocycles. The van der Waals surface area contributed by atoms with Crippen molar-refractivity contribution in [2.75, 3.05) is 18.2 Å². The predicted octanol–water partition coefficient (Wildman–Crippen LogP) is 3.62. The minimum atomic E-state index is -0.736. The van der Waals surface area contributed by atoms with Crippen molar-refractivity contribution >= 4 is 29.5 Å². The lowest BCUT2D eigenvalue weighted by molar-refractivity contribution is -0.119. The summed E-state index contributed by atoms with van der Waals surface area (Å²) in [6, 6.07) is 14.4. The first kappa shape index (κ1) is 22.8. The number of carbonyl (C=O) groups is 2. The van der Waals surface area contributed by atoms with E-state index in [0.717, 1.165) is 0 Å². The smallest absolute Gasteiger partial charge is 0.343 e. The molecule has 0 saturated heterocycles. The Morgan fingerprint density at radius 2 is 2.00 bits per heavy atom. The Morgan fingerprint density at radius 3 is 2.68 bits per heavy atom. The van der Waals surface area contributed by atoms with Crippen LogP contribution in [-0.2, 0) is 9.53 Å². The van der Waals surface area contributed by atoms with Gasteiger partial charge in [-0.15, -0.1) is 11.8 Å². The van der Waals surface area contributed by atoms with Crippen molar-refractivity contribution in [2.24, 2.45) is 0 Å². The summed E-state index contributed by atoms with van der Waals surface area (Å²) >= 11 is 1.25. The van der Waals surface area contributed by atoms with Crippen LogP contribution in [-0.4, -0.2) is 44.5 Å². The summed E-state index contributed by atoms with van der Waals surface area (Å²) in [5.41, 5.74) is 1.39. The molecule has 0 aliphatic heterocycles. The van der Waals surface area contributed by atoms with E-state index in [9.17, 15) is 14.9 Å². The molecule has 170 valence electrons. The molecule has 0 fully saturated rings. The van der Waals surface area contributed by atoms with Crippen LogP contribution in [0.2, 0.25) is 0 Å². The van der Waals surface area contributed by atoms with Gasteiger partial charge in [-0.05, 0) is 37.4 Å². The lowest BCUT2D eigenvalue weighted by Gasteiger charge is -2.12. The number of rotatable bonds is 7. The first-order chi connectivity index (χ1) is 16.5. The van der Waals surface area contributed by atoms with Gasteiger partial charge in [-0.1, -0.05) is 18.2 Å². The van der Waals surface area contributed by atoms with Gasteiger partial charge in [0.1, 0.15) is 22.2 Å². The zero-order valence-electron chi connectivity index (χ0n) is 18.2. The van der Waals surface area contributed by atoms with Crippen LogP contribution in [0.1, 0.15) is 21.6 Å². The summed E-state index contributed by atoms with van der Waals surface area (Å²) in [6.07, 6.45) is 4.63. The molecule has 1 amide bonds. The Labute approximate surface area is 198 Å². The highest BCUT2D eigenvalue weighted by Gasteiger charge is 2.22. The molecular weight excluding hydrogens is 456 g/mol. The fraction of sp³-hybridized carbons (Fsp3) is 0.130. The summed E-state index contributed by atoms with van der Waals surface area (Å²) in [4.78, 5) is 34.0. The fourth-order valence-corrected chi connectivity index (χ4v) is 3.75. The number of hydrogen-bond donors (Lipinski definition) is 1. The predicted molar refractivity (Wildman–Crippen MR) is 123 cm³/mol. The van der Waals surface area contributed by atoms with Crippen LogP contribution in [0.5, 0.6) is 0 Å². The molecule has 1 N–H and O–H groups in total. The number of furan rings is 1. The van der Waals surface area contributed by atoms with Crippen molar-refractivity contribution in [3.8, 4) is 23.3 Å². The molecule has 10 nitrogen and oxygen atoms in total. The van der Waals surface area contributed by atoms with E-state index in [1.54, 1.807) is 49.6 Å². The molecule has 0 aliphatic carbocycles. The van der Waals surface area contributed by atoms with Gasteiger partial charge in [-0.2, -0.15) is 10.4 Å². The number of ether oxygens (including phenoxy) is 1. The fourth-order valence-electron chi connectivity index (χ4n) is 3.13.